The van der Waals surface area contributed by atoms with E-state index in [1.165, 1.54) is 0 Å². The predicted molar refractivity (Wildman–Crippen MR) is 107 cm³/mol. The number of imidazole rings is 1. The molecule has 1 aliphatic rings. The standard InChI is InChI=1S/C19H17ClN4O2S/c1-25-12-2-3-13(15(20)10-12)16-14(11-21)19(24-6-8-26-9-7-24)27-17(16)18-22-4-5-23-18/h2-5,10H,6-9H2,1H3,(H,22,23). The zero-order valence-corrected chi connectivity index (χ0v) is 16.2. The first-order chi connectivity index (χ1) is 13.2. The van der Waals surface area contributed by atoms with Crippen LogP contribution in [0.4, 0.5) is 5.00 Å². The summed E-state index contributed by atoms with van der Waals surface area (Å²) in [7, 11) is 1.60. The molecule has 0 spiro atoms. The van der Waals surface area contributed by atoms with Gasteiger partial charge in [-0.15, -0.1) is 11.3 Å². The molecule has 1 saturated heterocycles. The molecule has 0 radical (unpaired) electrons. The summed E-state index contributed by atoms with van der Waals surface area (Å²) >= 11 is 8.10. The summed E-state index contributed by atoms with van der Waals surface area (Å²) in [6, 6.07) is 7.89. The van der Waals surface area contributed by atoms with Gasteiger partial charge in [0.2, 0.25) is 0 Å². The van der Waals surface area contributed by atoms with Crippen LogP contribution in [-0.2, 0) is 4.74 Å². The molecule has 3 aromatic rings. The number of aromatic amines is 1. The highest BCUT2D eigenvalue weighted by Crippen LogP contribution is 2.48. The van der Waals surface area contributed by atoms with Crippen LogP contribution < -0.4 is 9.64 Å². The zero-order chi connectivity index (χ0) is 18.8. The van der Waals surface area contributed by atoms with Crippen LogP contribution in [0, 0.1) is 11.3 Å². The van der Waals surface area contributed by atoms with Crippen molar-refractivity contribution >= 4 is 27.9 Å². The van der Waals surface area contributed by atoms with Crippen LogP contribution in [0.1, 0.15) is 5.56 Å². The molecule has 1 aromatic carbocycles. The highest BCUT2D eigenvalue weighted by atomic mass is 35.5. The number of anilines is 1. The Balaban J connectivity index is 1.93. The fourth-order valence-corrected chi connectivity index (χ4v) is 4.69. The van der Waals surface area contributed by atoms with E-state index in [-0.39, 0.29) is 0 Å². The number of hydrogen-bond acceptors (Lipinski definition) is 6. The minimum atomic E-state index is 0.532. The van der Waals surface area contributed by atoms with Crippen molar-refractivity contribution in [2.45, 2.75) is 0 Å². The highest BCUT2D eigenvalue weighted by molar-refractivity contribution is 7.20. The second kappa shape index (κ2) is 7.61. The minimum absolute atomic E-state index is 0.532. The summed E-state index contributed by atoms with van der Waals surface area (Å²) in [5.74, 6) is 1.39. The van der Waals surface area contributed by atoms with E-state index in [1.807, 2.05) is 12.1 Å². The Morgan fingerprint density at radius 2 is 2.19 bits per heavy atom. The number of methoxy groups -OCH3 is 1. The van der Waals surface area contributed by atoms with Gasteiger partial charge in [-0.25, -0.2) is 4.98 Å². The number of thiophene rings is 1. The maximum absolute atomic E-state index is 9.99. The van der Waals surface area contributed by atoms with E-state index >= 15 is 0 Å². The van der Waals surface area contributed by atoms with E-state index in [4.69, 9.17) is 21.1 Å². The van der Waals surface area contributed by atoms with E-state index in [1.54, 1.807) is 36.9 Å². The second-order valence-corrected chi connectivity index (χ2v) is 7.39. The molecule has 0 aliphatic carbocycles. The lowest BCUT2D eigenvalue weighted by Gasteiger charge is -2.27. The average Bonchev–Trinajstić information content (AvgIpc) is 3.36. The van der Waals surface area contributed by atoms with Crippen molar-refractivity contribution in [2.24, 2.45) is 0 Å². The van der Waals surface area contributed by atoms with Crippen LogP contribution in [0.25, 0.3) is 21.8 Å². The third-order valence-corrected chi connectivity index (χ3v) is 6.03. The lowest BCUT2D eigenvalue weighted by Crippen LogP contribution is -2.36. The van der Waals surface area contributed by atoms with Crippen LogP contribution in [0.15, 0.2) is 30.6 Å². The first-order valence-corrected chi connectivity index (χ1v) is 9.65. The Kier molecular flexibility index (Phi) is 5.03. The van der Waals surface area contributed by atoms with Crippen molar-refractivity contribution in [3.05, 3.63) is 41.2 Å². The molecular weight excluding hydrogens is 384 g/mol. The van der Waals surface area contributed by atoms with Crippen molar-refractivity contribution < 1.29 is 9.47 Å². The molecule has 6 nitrogen and oxygen atoms in total. The van der Waals surface area contributed by atoms with Gasteiger partial charge >= 0.3 is 0 Å². The highest BCUT2D eigenvalue weighted by Gasteiger charge is 2.27. The van der Waals surface area contributed by atoms with Gasteiger partial charge in [0, 0.05) is 36.6 Å². The van der Waals surface area contributed by atoms with Gasteiger partial charge in [0.25, 0.3) is 0 Å². The Labute approximate surface area is 165 Å². The van der Waals surface area contributed by atoms with Gasteiger partial charge in [-0.1, -0.05) is 11.6 Å². The number of halogens is 1. The van der Waals surface area contributed by atoms with Crippen molar-refractivity contribution in [1.82, 2.24) is 9.97 Å². The van der Waals surface area contributed by atoms with Crippen LogP contribution in [-0.4, -0.2) is 43.4 Å². The number of nitrogens with zero attached hydrogens (tertiary/aromatic N) is 3. The quantitative estimate of drug-likeness (QED) is 0.711. The van der Waals surface area contributed by atoms with Crippen molar-refractivity contribution in [3.63, 3.8) is 0 Å². The molecule has 3 heterocycles. The molecular formula is C19H17ClN4O2S. The monoisotopic (exact) mass is 400 g/mol. The molecule has 0 atom stereocenters. The van der Waals surface area contributed by atoms with Gasteiger partial charge in [0.1, 0.15) is 22.6 Å². The molecule has 27 heavy (non-hydrogen) atoms. The summed E-state index contributed by atoms with van der Waals surface area (Å²) in [6.45, 7) is 2.81. The first kappa shape index (κ1) is 17.9. The number of nitriles is 1. The van der Waals surface area contributed by atoms with Crippen LogP contribution >= 0.6 is 22.9 Å². The van der Waals surface area contributed by atoms with E-state index in [0.29, 0.717) is 29.5 Å². The molecule has 0 unspecified atom stereocenters. The topological polar surface area (TPSA) is 74.2 Å². The number of nitrogens with one attached hydrogen (secondary N) is 1. The lowest BCUT2D eigenvalue weighted by atomic mass is 10.0. The summed E-state index contributed by atoms with van der Waals surface area (Å²) in [4.78, 5) is 10.6. The van der Waals surface area contributed by atoms with E-state index in [0.717, 1.165) is 39.9 Å². The van der Waals surface area contributed by atoms with E-state index in [2.05, 4.69) is 20.9 Å². The number of H-pyrrole nitrogens is 1. The third kappa shape index (κ3) is 3.28. The minimum Gasteiger partial charge on any atom is -0.497 e. The second-order valence-electron chi connectivity index (χ2n) is 5.98. The number of benzene rings is 1. The predicted octanol–water partition coefficient (Wildman–Crippen LogP) is 4.18. The summed E-state index contributed by atoms with van der Waals surface area (Å²) in [5, 5.41) is 11.5. The molecule has 4 rings (SSSR count). The fraction of sp³-hybridized carbons (Fsp3) is 0.263. The van der Waals surface area contributed by atoms with Crippen LogP contribution in [0.2, 0.25) is 5.02 Å². The SMILES string of the molecule is COc1ccc(-c2c(-c3ncc[nH]3)sc(N3CCOCC3)c2C#N)c(Cl)c1. The van der Waals surface area contributed by atoms with Gasteiger partial charge in [0.15, 0.2) is 0 Å². The fourth-order valence-electron chi connectivity index (χ4n) is 3.15. The average molecular weight is 401 g/mol. The Morgan fingerprint density at radius 1 is 1.37 bits per heavy atom. The summed E-state index contributed by atoms with van der Waals surface area (Å²) < 4.78 is 10.7. The van der Waals surface area contributed by atoms with Gasteiger partial charge in [-0.05, 0) is 18.2 Å². The first-order valence-electron chi connectivity index (χ1n) is 8.46. The molecule has 138 valence electrons. The maximum atomic E-state index is 9.99. The lowest BCUT2D eigenvalue weighted by molar-refractivity contribution is 0.123. The van der Waals surface area contributed by atoms with Gasteiger partial charge in [-0.2, -0.15) is 5.26 Å². The molecule has 0 saturated carbocycles. The van der Waals surface area contributed by atoms with Gasteiger partial charge in [-0.3, -0.25) is 0 Å². The number of hydrogen-bond donors (Lipinski definition) is 1. The van der Waals surface area contributed by atoms with Crippen molar-refractivity contribution in [2.75, 3.05) is 38.3 Å². The van der Waals surface area contributed by atoms with Crippen LogP contribution in [0.3, 0.4) is 0 Å². The molecule has 1 N–H and O–H groups in total. The molecule has 0 bridgehead atoms. The zero-order valence-electron chi connectivity index (χ0n) is 14.7. The van der Waals surface area contributed by atoms with Gasteiger partial charge in [0.05, 0.1) is 35.8 Å². The summed E-state index contributed by atoms with van der Waals surface area (Å²) in [6.07, 6.45) is 3.48. The largest absolute Gasteiger partial charge is 0.497 e. The van der Waals surface area contributed by atoms with Crippen molar-refractivity contribution in [3.8, 4) is 33.6 Å². The Hall–Kier alpha value is -2.53. The third-order valence-electron chi connectivity index (χ3n) is 4.46. The normalized spacial score (nSPS) is 14.2. The summed E-state index contributed by atoms with van der Waals surface area (Å²) in [5.41, 5.74) is 2.20. The van der Waals surface area contributed by atoms with Gasteiger partial charge < -0.3 is 19.4 Å². The molecule has 0 amide bonds. The maximum Gasteiger partial charge on any atom is 0.148 e. The Bertz CT molecular complexity index is 988. The Morgan fingerprint density at radius 3 is 2.81 bits per heavy atom. The number of aromatic nitrogens is 2. The molecule has 1 fully saturated rings. The molecule has 2 aromatic heterocycles. The van der Waals surface area contributed by atoms with Crippen LogP contribution in [0.5, 0.6) is 5.75 Å². The van der Waals surface area contributed by atoms with E-state index in [9.17, 15) is 5.26 Å². The molecule has 8 heteroatoms. The molecule has 1 aliphatic heterocycles. The number of ether oxygens (including phenoxy) is 2. The number of rotatable bonds is 4. The number of morpholine rings is 1. The van der Waals surface area contributed by atoms with E-state index < -0.39 is 0 Å². The smallest absolute Gasteiger partial charge is 0.148 e. The van der Waals surface area contributed by atoms with Crippen molar-refractivity contribution in [1.29, 1.82) is 5.26 Å².